The normalized spacial score (nSPS) is 18.5. The Labute approximate surface area is 108 Å². The van der Waals surface area contributed by atoms with Crippen molar-refractivity contribution in [1.29, 1.82) is 5.26 Å². The van der Waals surface area contributed by atoms with E-state index in [9.17, 15) is 5.26 Å². The van der Waals surface area contributed by atoms with E-state index in [1.165, 1.54) is 37.7 Å². The summed E-state index contributed by atoms with van der Waals surface area (Å²) < 4.78 is 0. The zero-order valence-electron chi connectivity index (χ0n) is 10.1. The van der Waals surface area contributed by atoms with Gasteiger partial charge in [-0.05, 0) is 24.3 Å². The first-order valence-electron chi connectivity index (χ1n) is 6.45. The monoisotopic (exact) mass is 245 g/mol. The second-order valence-corrected chi connectivity index (χ2v) is 5.87. The summed E-state index contributed by atoms with van der Waals surface area (Å²) in [6, 6.07) is 13.0. The Morgan fingerprint density at radius 2 is 1.88 bits per heavy atom. The van der Waals surface area contributed by atoms with Crippen LogP contribution in [0.4, 0.5) is 0 Å². The lowest BCUT2D eigenvalue weighted by Crippen LogP contribution is -2.18. The lowest BCUT2D eigenvalue weighted by atomic mass is 9.87. The van der Waals surface area contributed by atoms with E-state index in [1.54, 1.807) is 0 Å². The molecule has 0 saturated heterocycles. The minimum Gasteiger partial charge on any atom is -0.197 e. The van der Waals surface area contributed by atoms with Crippen LogP contribution in [0.3, 0.4) is 0 Å². The van der Waals surface area contributed by atoms with Crippen LogP contribution in [0.2, 0.25) is 0 Å². The fourth-order valence-electron chi connectivity index (χ4n) is 2.48. The molecule has 0 aromatic heterocycles. The number of nitrogens with zero attached hydrogens (tertiary/aromatic N) is 1. The van der Waals surface area contributed by atoms with Gasteiger partial charge in [-0.15, -0.1) is 11.8 Å². The number of hydrogen-bond acceptors (Lipinski definition) is 2. The van der Waals surface area contributed by atoms with Gasteiger partial charge >= 0.3 is 0 Å². The van der Waals surface area contributed by atoms with Gasteiger partial charge < -0.3 is 0 Å². The molecule has 1 saturated carbocycles. The second kappa shape index (κ2) is 6.71. The predicted molar refractivity (Wildman–Crippen MR) is 73.7 cm³/mol. The van der Waals surface area contributed by atoms with Crippen molar-refractivity contribution in [2.24, 2.45) is 5.92 Å². The first kappa shape index (κ1) is 12.5. The molecule has 1 nitrogen and oxygen atoms in total. The van der Waals surface area contributed by atoms with Gasteiger partial charge in [-0.1, -0.05) is 49.6 Å². The van der Waals surface area contributed by atoms with E-state index in [4.69, 9.17) is 0 Å². The van der Waals surface area contributed by atoms with Crippen LogP contribution in [0.1, 0.15) is 37.7 Å². The maximum Gasteiger partial charge on any atom is 0.0947 e. The van der Waals surface area contributed by atoms with Gasteiger partial charge in [0.2, 0.25) is 0 Å². The third kappa shape index (κ3) is 3.78. The number of rotatable bonds is 4. The van der Waals surface area contributed by atoms with Crippen LogP contribution < -0.4 is 0 Å². The van der Waals surface area contributed by atoms with Gasteiger partial charge in [0.05, 0.1) is 11.3 Å². The largest absolute Gasteiger partial charge is 0.197 e. The highest BCUT2D eigenvalue weighted by atomic mass is 32.2. The smallest absolute Gasteiger partial charge is 0.0947 e. The van der Waals surface area contributed by atoms with Gasteiger partial charge in [0.25, 0.3) is 0 Å². The molecule has 0 heterocycles. The average Bonchev–Trinajstić information content (AvgIpc) is 2.42. The quantitative estimate of drug-likeness (QED) is 0.785. The van der Waals surface area contributed by atoms with E-state index >= 15 is 0 Å². The minimum atomic E-state index is 0.190. The standard InChI is InChI=1S/C15H19NS/c16-11-15(14-9-5-2-6-10-14)17-12-13-7-3-1-4-8-13/h1,3-4,7-8,14-15H,2,5-6,9-10,12H2/t15-/m1/s1. The van der Waals surface area contributed by atoms with Gasteiger partial charge in [-0.3, -0.25) is 0 Å². The summed E-state index contributed by atoms with van der Waals surface area (Å²) in [6.07, 6.45) is 6.49. The maximum absolute atomic E-state index is 9.29. The number of thioether (sulfide) groups is 1. The average molecular weight is 245 g/mol. The molecule has 0 aliphatic heterocycles. The Balaban J connectivity index is 1.85. The Morgan fingerprint density at radius 1 is 1.18 bits per heavy atom. The molecule has 0 N–H and O–H groups in total. The highest BCUT2D eigenvalue weighted by Gasteiger charge is 2.23. The van der Waals surface area contributed by atoms with E-state index in [-0.39, 0.29) is 5.25 Å². The molecule has 1 aliphatic carbocycles. The summed E-state index contributed by atoms with van der Waals surface area (Å²) in [5.74, 6) is 1.60. The van der Waals surface area contributed by atoms with Crippen molar-refractivity contribution in [2.75, 3.05) is 0 Å². The first-order chi connectivity index (χ1) is 8.40. The summed E-state index contributed by atoms with van der Waals surface area (Å²) in [6.45, 7) is 0. The van der Waals surface area contributed by atoms with Gasteiger partial charge in [-0.2, -0.15) is 5.26 Å². The second-order valence-electron chi connectivity index (χ2n) is 4.74. The summed E-state index contributed by atoms with van der Waals surface area (Å²) >= 11 is 1.82. The third-order valence-electron chi connectivity index (χ3n) is 3.48. The molecule has 1 aromatic rings. The molecule has 0 amide bonds. The summed E-state index contributed by atoms with van der Waals surface area (Å²) in [7, 11) is 0. The van der Waals surface area contributed by atoms with E-state index in [0.717, 1.165) is 5.75 Å². The fraction of sp³-hybridized carbons (Fsp3) is 0.533. The van der Waals surface area contributed by atoms with Crippen LogP contribution in [0.25, 0.3) is 0 Å². The van der Waals surface area contributed by atoms with Crippen molar-refractivity contribution in [2.45, 2.75) is 43.1 Å². The van der Waals surface area contributed by atoms with Crippen LogP contribution in [0, 0.1) is 17.2 Å². The molecule has 2 rings (SSSR count). The van der Waals surface area contributed by atoms with E-state index in [1.807, 2.05) is 17.8 Å². The van der Waals surface area contributed by atoms with Crippen molar-refractivity contribution in [3.05, 3.63) is 35.9 Å². The van der Waals surface area contributed by atoms with Gasteiger partial charge in [-0.25, -0.2) is 0 Å². The summed E-state index contributed by atoms with van der Waals surface area (Å²) in [5, 5.41) is 9.48. The van der Waals surface area contributed by atoms with Crippen molar-refractivity contribution in [3.63, 3.8) is 0 Å². The Hall–Kier alpha value is -0.940. The van der Waals surface area contributed by atoms with Crippen molar-refractivity contribution < 1.29 is 0 Å². The van der Waals surface area contributed by atoms with Crippen LogP contribution in [0.15, 0.2) is 30.3 Å². The molecule has 0 spiro atoms. The third-order valence-corrected chi connectivity index (χ3v) is 4.83. The van der Waals surface area contributed by atoms with Crippen LogP contribution in [-0.2, 0) is 5.75 Å². The molecule has 0 unspecified atom stereocenters. The minimum absolute atomic E-state index is 0.190. The lowest BCUT2D eigenvalue weighted by molar-refractivity contribution is 0.370. The molecule has 0 radical (unpaired) electrons. The van der Waals surface area contributed by atoms with Gasteiger partial charge in [0, 0.05) is 5.75 Å². The lowest BCUT2D eigenvalue weighted by Gasteiger charge is -2.25. The SMILES string of the molecule is N#C[C@@H](SCc1ccccc1)C1CCCCC1. The highest BCUT2D eigenvalue weighted by molar-refractivity contribution is 7.99. The van der Waals surface area contributed by atoms with Crippen LogP contribution in [-0.4, -0.2) is 5.25 Å². The first-order valence-corrected chi connectivity index (χ1v) is 7.50. The molecule has 17 heavy (non-hydrogen) atoms. The summed E-state index contributed by atoms with van der Waals surface area (Å²) in [4.78, 5) is 0. The molecule has 1 aromatic carbocycles. The Bertz CT molecular complexity index is 362. The maximum atomic E-state index is 9.29. The molecular weight excluding hydrogens is 226 g/mol. The predicted octanol–water partition coefficient (Wildman–Crippen LogP) is 4.39. The number of benzene rings is 1. The zero-order chi connectivity index (χ0) is 11.9. The molecule has 1 atom stereocenters. The molecule has 2 heteroatoms. The number of hydrogen-bond donors (Lipinski definition) is 0. The molecule has 1 fully saturated rings. The van der Waals surface area contributed by atoms with Crippen molar-refractivity contribution in [3.8, 4) is 6.07 Å². The Kier molecular flexibility index (Phi) is 4.94. The highest BCUT2D eigenvalue weighted by Crippen LogP contribution is 2.33. The molecule has 90 valence electrons. The molecule has 0 bridgehead atoms. The summed E-state index contributed by atoms with van der Waals surface area (Å²) in [5.41, 5.74) is 1.33. The molecule has 1 aliphatic rings. The van der Waals surface area contributed by atoms with Crippen LogP contribution in [0.5, 0.6) is 0 Å². The number of nitriles is 1. The van der Waals surface area contributed by atoms with E-state index < -0.39 is 0 Å². The van der Waals surface area contributed by atoms with Crippen molar-refractivity contribution >= 4 is 11.8 Å². The molecular formula is C15H19NS. The van der Waals surface area contributed by atoms with E-state index in [2.05, 4.69) is 30.3 Å². The van der Waals surface area contributed by atoms with Crippen LogP contribution >= 0.6 is 11.8 Å². The van der Waals surface area contributed by atoms with Gasteiger partial charge in [0.15, 0.2) is 0 Å². The fourth-order valence-corrected chi connectivity index (χ4v) is 3.66. The van der Waals surface area contributed by atoms with E-state index in [0.29, 0.717) is 5.92 Å². The van der Waals surface area contributed by atoms with Gasteiger partial charge in [0.1, 0.15) is 0 Å². The van der Waals surface area contributed by atoms with Crippen molar-refractivity contribution in [1.82, 2.24) is 0 Å². The topological polar surface area (TPSA) is 23.8 Å². The Morgan fingerprint density at radius 3 is 2.53 bits per heavy atom. The zero-order valence-corrected chi connectivity index (χ0v) is 11.0.